The second-order valence-corrected chi connectivity index (χ2v) is 13.4. The molecule has 0 saturated carbocycles. The van der Waals surface area contributed by atoms with Gasteiger partial charge in [-0.2, -0.15) is 4.57 Å². The zero-order chi connectivity index (χ0) is 34.9. The van der Waals surface area contributed by atoms with Crippen LogP contribution in [0.2, 0.25) is 0 Å². The molecule has 0 aliphatic rings. The molecule has 0 fully saturated rings. The van der Waals surface area contributed by atoms with Gasteiger partial charge in [-0.1, -0.05) is 106 Å². The van der Waals surface area contributed by atoms with Crippen molar-refractivity contribution in [2.45, 2.75) is 40.0 Å². The summed E-state index contributed by atoms with van der Waals surface area (Å²) in [6.45, 7) is 6.55. The molecule has 0 aliphatic carbocycles. The van der Waals surface area contributed by atoms with Gasteiger partial charge >= 0.3 is 0 Å². The van der Waals surface area contributed by atoms with Crippen molar-refractivity contribution in [2.75, 3.05) is 0 Å². The zero-order valence-electron chi connectivity index (χ0n) is 30.3. The molecule has 0 saturated heterocycles. The van der Waals surface area contributed by atoms with E-state index in [9.17, 15) is 0 Å². The Morgan fingerprint density at radius 3 is 2.13 bits per heavy atom. The van der Waals surface area contributed by atoms with Gasteiger partial charge in [0.2, 0.25) is 5.71 Å². The van der Waals surface area contributed by atoms with E-state index in [-0.39, 0.29) is 11.1 Å². The number of furan rings is 1. The van der Waals surface area contributed by atoms with E-state index in [0.717, 1.165) is 55.6 Å². The van der Waals surface area contributed by atoms with Gasteiger partial charge in [-0.3, -0.25) is 0 Å². The molecule has 0 bridgehead atoms. The number of para-hydroxylation sites is 2. The Labute approximate surface area is 279 Å². The third-order valence-corrected chi connectivity index (χ3v) is 9.32. The Morgan fingerprint density at radius 1 is 0.723 bits per heavy atom. The number of imidazole rings is 1. The quantitative estimate of drug-likeness (QED) is 0.185. The van der Waals surface area contributed by atoms with Crippen molar-refractivity contribution >= 4 is 33.1 Å². The van der Waals surface area contributed by atoms with Gasteiger partial charge in [0.1, 0.15) is 11.3 Å². The maximum atomic E-state index is 7.91. The first kappa shape index (κ1) is 25.7. The van der Waals surface area contributed by atoms with Gasteiger partial charge in [0.05, 0.1) is 7.05 Å². The van der Waals surface area contributed by atoms with Crippen molar-refractivity contribution in [3.63, 3.8) is 0 Å². The first-order valence-electron chi connectivity index (χ1n) is 17.5. The molecule has 8 rings (SSSR count). The van der Waals surface area contributed by atoms with Gasteiger partial charge in [0.15, 0.2) is 16.6 Å². The average molecular weight is 616 g/mol. The van der Waals surface area contributed by atoms with Gasteiger partial charge in [-0.25, -0.2) is 9.55 Å². The normalized spacial score (nSPS) is 13.3. The first-order chi connectivity index (χ1) is 23.9. The molecule has 47 heavy (non-hydrogen) atoms. The Balaban J connectivity index is 1.36. The molecular formula is C43H38N3O+. The predicted molar refractivity (Wildman–Crippen MR) is 194 cm³/mol. The minimum Gasteiger partial charge on any atom is -0.437 e. The summed E-state index contributed by atoms with van der Waals surface area (Å²) in [5, 5.41) is 1.69. The average Bonchev–Trinajstić information content (AvgIpc) is 3.62. The van der Waals surface area contributed by atoms with E-state index in [1.54, 1.807) is 6.07 Å². The van der Waals surface area contributed by atoms with E-state index in [2.05, 4.69) is 146 Å². The second-order valence-electron chi connectivity index (χ2n) is 13.4. The van der Waals surface area contributed by atoms with Crippen LogP contribution in [0.25, 0.3) is 72.4 Å². The summed E-state index contributed by atoms with van der Waals surface area (Å²) in [6, 6.07) is 42.1. The lowest BCUT2D eigenvalue weighted by Gasteiger charge is -2.23. The minimum atomic E-state index is -2.33. The highest BCUT2D eigenvalue weighted by Crippen LogP contribution is 2.41. The van der Waals surface area contributed by atoms with E-state index >= 15 is 0 Å². The van der Waals surface area contributed by atoms with Crippen molar-refractivity contribution in [2.24, 2.45) is 7.05 Å². The van der Waals surface area contributed by atoms with E-state index in [0.29, 0.717) is 11.3 Å². The van der Waals surface area contributed by atoms with Gasteiger partial charge in [-0.15, -0.1) is 0 Å². The van der Waals surface area contributed by atoms with E-state index in [1.165, 1.54) is 16.7 Å². The lowest BCUT2D eigenvalue weighted by molar-refractivity contribution is -0.633. The first-order valence-corrected chi connectivity index (χ1v) is 16.0. The molecule has 4 nitrogen and oxygen atoms in total. The van der Waals surface area contributed by atoms with Crippen molar-refractivity contribution in [3.05, 3.63) is 138 Å². The molecular weight excluding hydrogens is 574 g/mol. The molecule has 3 heterocycles. The summed E-state index contributed by atoms with van der Waals surface area (Å²) in [7, 11) is 2.10. The number of benzene rings is 5. The number of hydrogen-bond acceptors (Lipinski definition) is 2. The summed E-state index contributed by atoms with van der Waals surface area (Å²) < 4.78 is 34.9. The number of nitrogens with zero attached hydrogens (tertiary/aromatic N) is 3. The van der Waals surface area contributed by atoms with Crippen LogP contribution in [-0.4, -0.2) is 9.55 Å². The molecule has 0 N–H and O–H groups in total. The highest BCUT2D eigenvalue weighted by Gasteiger charge is 2.33. The smallest absolute Gasteiger partial charge is 0.298 e. The van der Waals surface area contributed by atoms with Crippen molar-refractivity contribution in [1.82, 2.24) is 9.55 Å². The third kappa shape index (κ3) is 4.75. The number of pyridine rings is 1. The Hall–Kier alpha value is -5.48. The van der Waals surface area contributed by atoms with E-state index in [1.807, 2.05) is 18.2 Å². The predicted octanol–water partition coefficient (Wildman–Crippen LogP) is 10.7. The van der Waals surface area contributed by atoms with Gasteiger partial charge in [-0.05, 0) is 83.4 Å². The van der Waals surface area contributed by atoms with Gasteiger partial charge < -0.3 is 4.42 Å². The molecule has 8 aromatic rings. The summed E-state index contributed by atoms with van der Waals surface area (Å²) >= 11 is 0. The molecule has 0 atom stereocenters. The molecule has 5 aromatic carbocycles. The molecule has 4 heteroatoms. The number of aromatic nitrogens is 3. The van der Waals surface area contributed by atoms with Crippen LogP contribution in [-0.2, 0) is 12.5 Å². The zero-order valence-corrected chi connectivity index (χ0v) is 27.3. The van der Waals surface area contributed by atoms with E-state index < -0.39 is 6.85 Å². The molecule has 0 radical (unpaired) electrons. The van der Waals surface area contributed by atoms with Crippen molar-refractivity contribution < 1.29 is 13.1 Å². The lowest BCUT2D eigenvalue weighted by atomic mass is 9.83. The number of rotatable bonds is 4. The number of fused-ring (bicyclic) bond motifs is 4. The standard InChI is InChI=1S/C43H38N3O/c1-27-16-23-33-34-24-17-28(2)44-41(34)47-40(33)39(27)42-45(6)37-14-10-11-15-38(37)46(42)36-25-22-32(26-35(36)43(3,4)5)31-20-18-30(19-21-31)29-12-8-7-9-13-29/h7-26H,1-6H3/q+1/i2D3. The number of hydrogen-bond donors (Lipinski definition) is 0. The highest BCUT2D eigenvalue weighted by molar-refractivity contribution is 6.09. The van der Waals surface area contributed by atoms with Crippen LogP contribution in [0, 0.1) is 13.8 Å². The number of aryl methyl sites for hydroxylation is 3. The van der Waals surface area contributed by atoms with Crippen LogP contribution in [0.1, 0.15) is 41.7 Å². The van der Waals surface area contributed by atoms with Crippen LogP contribution in [0.4, 0.5) is 0 Å². The largest absolute Gasteiger partial charge is 0.437 e. The molecule has 0 unspecified atom stereocenters. The highest BCUT2D eigenvalue weighted by atomic mass is 16.3. The van der Waals surface area contributed by atoms with Crippen molar-refractivity contribution in [1.29, 1.82) is 0 Å². The van der Waals surface area contributed by atoms with Crippen molar-refractivity contribution in [3.8, 4) is 39.3 Å². The lowest BCUT2D eigenvalue weighted by Crippen LogP contribution is -2.30. The van der Waals surface area contributed by atoms with E-state index in [4.69, 9.17) is 8.53 Å². The summed E-state index contributed by atoms with van der Waals surface area (Å²) in [4.78, 5) is 4.46. The fourth-order valence-electron chi connectivity index (χ4n) is 6.93. The molecule has 0 aliphatic heterocycles. The Morgan fingerprint density at radius 2 is 1.38 bits per heavy atom. The summed E-state index contributed by atoms with van der Waals surface area (Å²) in [5.74, 6) is 0.967. The van der Waals surface area contributed by atoms with Gasteiger partial charge in [0.25, 0.3) is 5.82 Å². The maximum absolute atomic E-state index is 7.91. The molecule has 0 amide bonds. The van der Waals surface area contributed by atoms with Gasteiger partial charge in [0, 0.05) is 26.1 Å². The van der Waals surface area contributed by atoms with Crippen LogP contribution >= 0.6 is 0 Å². The Kier molecular flexibility index (Phi) is 5.91. The molecule has 3 aromatic heterocycles. The summed E-state index contributed by atoms with van der Waals surface area (Å²) in [6.07, 6.45) is 0. The monoisotopic (exact) mass is 615 g/mol. The third-order valence-electron chi connectivity index (χ3n) is 9.32. The second kappa shape index (κ2) is 10.8. The van der Waals surface area contributed by atoms with Crippen LogP contribution in [0.3, 0.4) is 0 Å². The fourth-order valence-corrected chi connectivity index (χ4v) is 6.93. The topological polar surface area (TPSA) is 34.8 Å². The molecule has 230 valence electrons. The van der Waals surface area contributed by atoms with Crippen LogP contribution < -0.4 is 4.57 Å². The summed E-state index contributed by atoms with van der Waals surface area (Å²) in [5.41, 5.74) is 12.0. The SMILES string of the molecule is [2H]C([2H])([2H])c1ccc2c(n1)oc1c(-c3n(-c4ccc(-c5ccc(-c6ccccc6)cc5)cc4C(C)(C)C)c4ccccc4[n+]3C)c(C)ccc12. The minimum absolute atomic E-state index is 0.0200. The Bertz CT molecular complexity index is 2570. The van der Waals surface area contributed by atoms with Crippen LogP contribution in [0.15, 0.2) is 126 Å². The molecule has 0 spiro atoms. The van der Waals surface area contributed by atoms with Crippen LogP contribution in [0.5, 0.6) is 0 Å². The fraction of sp³-hybridized carbons (Fsp3) is 0.163. The maximum Gasteiger partial charge on any atom is 0.298 e.